The smallest absolute Gasteiger partial charge is 0.239 e. The Kier molecular flexibility index (Phi) is 4.22. The molecule has 1 fully saturated rings. The number of benzene rings is 1. The predicted octanol–water partition coefficient (Wildman–Crippen LogP) is 1.30. The zero-order valence-corrected chi connectivity index (χ0v) is 12.2. The van der Waals surface area contributed by atoms with E-state index in [0.29, 0.717) is 5.69 Å². The van der Waals surface area contributed by atoms with Gasteiger partial charge in [0.15, 0.2) is 0 Å². The minimum atomic E-state index is -1.11. The lowest BCUT2D eigenvalue weighted by Crippen LogP contribution is -2.52. The van der Waals surface area contributed by atoms with Crippen molar-refractivity contribution >= 4 is 0 Å². The minimum absolute atomic E-state index is 0.186. The first-order valence-corrected chi connectivity index (χ1v) is 7.21. The van der Waals surface area contributed by atoms with Gasteiger partial charge in [0.1, 0.15) is 5.69 Å². The summed E-state index contributed by atoms with van der Waals surface area (Å²) < 4.78 is 12.1. The Morgan fingerprint density at radius 2 is 1.55 bits per heavy atom. The van der Waals surface area contributed by atoms with E-state index in [9.17, 15) is 10.2 Å². The molecule has 3 rings (SSSR count). The lowest BCUT2D eigenvalue weighted by molar-refractivity contribution is -0.301. The van der Waals surface area contributed by atoms with Crippen molar-refractivity contribution in [3.05, 3.63) is 66.0 Å². The molecule has 0 spiro atoms. The summed E-state index contributed by atoms with van der Waals surface area (Å²) in [5, 5.41) is 19.0. The van der Waals surface area contributed by atoms with Gasteiger partial charge in [-0.15, -0.1) is 0 Å². The zero-order chi connectivity index (χ0) is 15.5. The molecule has 116 valence electrons. The molecule has 1 aliphatic heterocycles. The van der Waals surface area contributed by atoms with Crippen LogP contribution in [0.5, 0.6) is 0 Å². The Morgan fingerprint density at radius 3 is 2.09 bits per heavy atom. The number of hydrogen-bond donors (Lipinski definition) is 2. The van der Waals surface area contributed by atoms with Gasteiger partial charge in [0.2, 0.25) is 5.79 Å². The third-order valence-electron chi connectivity index (χ3n) is 3.99. The first kappa shape index (κ1) is 15.1. The molecule has 0 bridgehead atoms. The molecule has 0 amide bonds. The summed E-state index contributed by atoms with van der Waals surface area (Å²) in [6.45, 7) is -0.0237. The minimum Gasteiger partial charge on any atom is -0.396 e. The fraction of sp³-hybridized carbons (Fsp3) is 0.353. The second kappa shape index (κ2) is 6.14. The van der Waals surface area contributed by atoms with Crippen molar-refractivity contribution in [1.82, 2.24) is 4.98 Å². The van der Waals surface area contributed by atoms with Crippen LogP contribution >= 0.6 is 0 Å². The third-order valence-corrected chi connectivity index (χ3v) is 3.99. The number of aliphatic hydroxyl groups excluding tert-OH is 2. The molecular weight excluding hydrogens is 282 g/mol. The lowest BCUT2D eigenvalue weighted by Gasteiger charge is -2.44. The van der Waals surface area contributed by atoms with E-state index in [4.69, 9.17) is 9.47 Å². The highest BCUT2D eigenvalue weighted by atomic mass is 16.7. The highest BCUT2D eigenvalue weighted by Crippen LogP contribution is 2.40. The maximum atomic E-state index is 9.52. The molecule has 1 aliphatic rings. The van der Waals surface area contributed by atoms with E-state index in [2.05, 4.69) is 4.98 Å². The molecule has 1 saturated heterocycles. The molecule has 1 aromatic heterocycles. The first-order chi connectivity index (χ1) is 10.7. The van der Waals surface area contributed by atoms with Crippen molar-refractivity contribution in [2.24, 2.45) is 5.41 Å². The second-order valence-corrected chi connectivity index (χ2v) is 5.59. The van der Waals surface area contributed by atoms with Crippen LogP contribution in [-0.4, -0.2) is 41.6 Å². The van der Waals surface area contributed by atoms with Crippen LogP contribution in [0.2, 0.25) is 0 Å². The van der Waals surface area contributed by atoms with Gasteiger partial charge in [0, 0.05) is 11.8 Å². The van der Waals surface area contributed by atoms with Gasteiger partial charge in [0.05, 0.1) is 31.8 Å². The molecule has 0 aliphatic carbocycles. The normalized spacial score (nSPS) is 19.7. The van der Waals surface area contributed by atoms with E-state index in [-0.39, 0.29) is 26.4 Å². The Morgan fingerprint density at radius 1 is 0.909 bits per heavy atom. The van der Waals surface area contributed by atoms with Crippen molar-refractivity contribution in [2.45, 2.75) is 5.79 Å². The molecule has 0 saturated carbocycles. The first-order valence-electron chi connectivity index (χ1n) is 7.21. The standard InChI is InChI=1S/C17H19NO4/c19-10-16(11-20)12-21-17(22-13-16,14-6-2-1-3-7-14)15-8-4-5-9-18-15/h1-9,19-20H,10-13H2. The summed E-state index contributed by atoms with van der Waals surface area (Å²) in [5.41, 5.74) is 0.691. The van der Waals surface area contributed by atoms with Crippen molar-refractivity contribution in [2.75, 3.05) is 26.4 Å². The Hall–Kier alpha value is -1.79. The van der Waals surface area contributed by atoms with Crippen LogP contribution in [0.3, 0.4) is 0 Å². The lowest BCUT2D eigenvalue weighted by atomic mass is 9.89. The summed E-state index contributed by atoms with van der Waals surface area (Å²) in [7, 11) is 0. The number of aromatic nitrogens is 1. The van der Waals surface area contributed by atoms with E-state index in [0.717, 1.165) is 5.56 Å². The maximum Gasteiger partial charge on any atom is 0.239 e. The largest absolute Gasteiger partial charge is 0.396 e. The topological polar surface area (TPSA) is 71.8 Å². The Balaban J connectivity index is 2.00. The van der Waals surface area contributed by atoms with E-state index in [1.807, 2.05) is 48.5 Å². The van der Waals surface area contributed by atoms with Gasteiger partial charge in [-0.1, -0.05) is 36.4 Å². The molecule has 2 N–H and O–H groups in total. The van der Waals surface area contributed by atoms with Crippen molar-refractivity contribution in [3.63, 3.8) is 0 Å². The number of pyridine rings is 1. The molecule has 5 heteroatoms. The quantitative estimate of drug-likeness (QED) is 0.890. The van der Waals surface area contributed by atoms with Crippen molar-refractivity contribution in [1.29, 1.82) is 0 Å². The van der Waals surface area contributed by atoms with Gasteiger partial charge in [0.25, 0.3) is 0 Å². The molecule has 0 unspecified atom stereocenters. The summed E-state index contributed by atoms with van der Waals surface area (Å²) in [6, 6.07) is 15.1. The molecule has 1 aromatic carbocycles. The van der Waals surface area contributed by atoms with Gasteiger partial charge >= 0.3 is 0 Å². The average molecular weight is 301 g/mol. The van der Waals surface area contributed by atoms with Crippen LogP contribution in [0.1, 0.15) is 11.3 Å². The molecule has 2 aromatic rings. The fourth-order valence-electron chi connectivity index (χ4n) is 2.50. The SMILES string of the molecule is OCC1(CO)COC(c2ccccc2)(c2ccccn2)OC1. The monoisotopic (exact) mass is 301 g/mol. The maximum absolute atomic E-state index is 9.52. The van der Waals surface area contributed by atoms with Crippen LogP contribution in [0.15, 0.2) is 54.7 Å². The van der Waals surface area contributed by atoms with Crippen LogP contribution in [0, 0.1) is 5.41 Å². The van der Waals surface area contributed by atoms with Crippen molar-refractivity contribution < 1.29 is 19.7 Å². The van der Waals surface area contributed by atoms with E-state index >= 15 is 0 Å². The van der Waals surface area contributed by atoms with Crippen LogP contribution in [-0.2, 0) is 15.3 Å². The Labute approximate surface area is 129 Å². The highest BCUT2D eigenvalue weighted by molar-refractivity contribution is 5.30. The summed E-state index contributed by atoms with van der Waals surface area (Å²) in [4.78, 5) is 4.38. The Bertz CT molecular complexity index is 547. The fourth-order valence-corrected chi connectivity index (χ4v) is 2.50. The molecule has 22 heavy (non-hydrogen) atoms. The van der Waals surface area contributed by atoms with E-state index < -0.39 is 11.2 Å². The molecule has 0 radical (unpaired) electrons. The third kappa shape index (κ3) is 2.53. The zero-order valence-electron chi connectivity index (χ0n) is 12.2. The van der Waals surface area contributed by atoms with E-state index in [1.54, 1.807) is 6.20 Å². The number of ether oxygens (including phenoxy) is 2. The highest BCUT2D eigenvalue weighted by Gasteiger charge is 2.47. The average Bonchev–Trinajstić information content (AvgIpc) is 2.63. The van der Waals surface area contributed by atoms with Crippen LogP contribution in [0.25, 0.3) is 0 Å². The van der Waals surface area contributed by atoms with E-state index in [1.165, 1.54) is 0 Å². The number of nitrogens with zero attached hydrogens (tertiary/aromatic N) is 1. The molecule has 0 atom stereocenters. The molecular formula is C17H19NO4. The van der Waals surface area contributed by atoms with Gasteiger partial charge in [-0.3, -0.25) is 4.98 Å². The van der Waals surface area contributed by atoms with Crippen molar-refractivity contribution in [3.8, 4) is 0 Å². The summed E-state index contributed by atoms with van der Waals surface area (Å²) >= 11 is 0. The second-order valence-electron chi connectivity index (χ2n) is 5.59. The molecule has 5 nitrogen and oxygen atoms in total. The van der Waals surface area contributed by atoms with Gasteiger partial charge < -0.3 is 19.7 Å². The summed E-state index contributed by atoms with van der Waals surface area (Å²) in [5.74, 6) is -1.11. The van der Waals surface area contributed by atoms with Gasteiger partial charge in [-0.2, -0.15) is 0 Å². The summed E-state index contributed by atoms with van der Waals surface area (Å²) in [6.07, 6.45) is 1.69. The van der Waals surface area contributed by atoms with Crippen LogP contribution in [0.4, 0.5) is 0 Å². The predicted molar refractivity (Wildman–Crippen MR) is 80.0 cm³/mol. The van der Waals surface area contributed by atoms with Gasteiger partial charge in [-0.25, -0.2) is 0 Å². The number of rotatable bonds is 4. The number of aliphatic hydroxyl groups is 2. The molecule has 2 heterocycles. The van der Waals surface area contributed by atoms with Gasteiger partial charge in [-0.05, 0) is 12.1 Å². The number of hydrogen-bond acceptors (Lipinski definition) is 5. The van der Waals surface area contributed by atoms with Crippen LogP contribution < -0.4 is 0 Å².